The Hall–Kier alpha value is -3.09. The quantitative estimate of drug-likeness (QED) is 0.700. The van der Waals surface area contributed by atoms with E-state index in [4.69, 9.17) is 5.73 Å². The molecule has 0 aliphatic carbocycles. The highest BCUT2D eigenvalue weighted by Gasteiger charge is 2.30. The predicted molar refractivity (Wildman–Crippen MR) is 99.1 cm³/mol. The number of benzene rings is 2. The van der Waals surface area contributed by atoms with Crippen molar-refractivity contribution in [1.82, 2.24) is 9.97 Å². The van der Waals surface area contributed by atoms with Crippen molar-refractivity contribution in [1.29, 1.82) is 0 Å². The van der Waals surface area contributed by atoms with Gasteiger partial charge in [-0.25, -0.2) is 4.98 Å². The van der Waals surface area contributed by atoms with E-state index in [2.05, 4.69) is 9.97 Å². The lowest BCUT2D eigenvalue weighted by molar-refractivity contribution is -0.137. The monoisotopic (exact) mass is 372 g/mol. The molecule has 0 amide bonds. The van der Waals surface area contributed by atoms with Gasteiger partial charge in [0.2, 0.25) is 5.95 Å². The van der Waals surface area contributed by atoms with Crippen LogP contribution < -0.4 is 10.6 Å². The zero-order chi connectivity index (χ0) is 19.3. The molecule has 140 valence electrons. The Bertz CT molecular complexity index is 864. The minimum absolute atomic E-state index is 0.345. The molecule has 0 unspecified atom stereocenters. The van der Waals surface area contributed by atoms with Gasteiger partial charge in [0.15, 0.2) is 0 Å². The van der Waals surface area contributed by atoms with Gasteiger partial charge in [-0.05, 0) is 35.7 Å². The zero-order valence-electron chi connectivity index (χ0n) is 14.5. The Labute approximate surface area is 155 Å². The summed E-state index contributed by atoms with van der Waals surface area (Å²) in [6, 6.07) is 16.7. The normalized spacial score (nSPS) is 11.4. The van der Waals surface area contributed by atoms with Gasteiger partial charge >= 0.3 is 6.18 Å². The Morgan fingerprint density at radius 3 is 2.22 bits per heavy atom. The second-order valence-corrected chi connectivity index (χ2v) is 6.13. The lowest BCUT2D eigenvalue weighted by atomic mass is 10.1. The maximum Gasteiger partial charge on any atom is 0.416 e. The Morgan fingerprint density at radius 1 is 0.889 bits per heavy atom. The Morgan fingerprint density at radius 2 is 1.59 bits per heavy atom. The number of anilines is 2. The number of halogens is 3. The summed E-state index contributed by atoms with van der Waals surface area (Å²) in [5.41, 5.74) is 6.99. The fraction of sp³-hybridized carbons (Fsp3) is 0.200. The van der Waals surface area contributed by atoms with E-state index in [0.29, 0.717) is 24.9 Å². The first kappa shape index (κ1) is 18.7. The van der Waals surface area contributed by atoms with Crippen LogP contribution in [0.25, 0.3) is 0 Å². The van der Waals surface area contributed by atoms with E-state index < -0.39 is 11.7 Å². The highest BCUT2D eigenvalue weighted by Crippen LogP contribution is 2.29. The minimum atomic E-state index is -4.34. The molecule has 2 N–H and O–H groups in total. The number of rotatable bonds is 6. The van der Waals surface area contributed by atoms with Crippen molar-refractivity contribution in [2.75, 3.05) is 17.2 Å². The second-order valence-electron chi connectivity index (χ2n) is 6.13. The highest BCUT2D eigenvalue weighted by molar-refractivity contribution is 5.39. The van der Waals surface area contributed by atoms with Crippen LogP contribution in [0.15, 0.2) is 66.9 Å². The molecule has 4 nitrogen and oxygen atoms in total. The molecule has 1 heterocycles. The molecule has 0 radical (unpaired) electrons. The summed E-state index contributed by atoms with van der Waals surface area (Å²) in [5.74, 6) is 0.794. The summed E-state index contributed by atoms with van der Waals surface area (Å²) in [5, 5.41) is 0. The van der Waals surface area contributed by atoms with Gasteiger partial charge in [-0.3, -0.25) is 0 Å². The molecular weight excluding hydrogens is 353 g/mol. The number of nitrogens with two attached hydrogens (primary N) is 1. The van der Waals surface area contributed by atoms with Crippen molar-refractivity contribution in [3.8, 4) is 0 Å². The average molecular weight is 372 g/mol. The van der Waals surface area contributed by atoms with Crippen LogP contribution in [0.2, 0.25) is 0 Å². The number of nitrogen functional groups attached to an aromatic ring is 1. The van der Waals surface area contributed by atoms with E-state index >= 15 is 0 Å². The molecule has 0 aliphatic heterocycles. The van der Waals surface area contributed by atoms with Crippen LogP contribution in [-0.4, -0.2) is 16.5 Å². The van der Waals surface area contributed by atoms with E-state index in [-0.39, 0.29) is 0 Å². The number of hydrogen-bond donors (Lipinski definition) is 1. The molecule has 0 atom stereocenters. The van der Waals surface area contributed by atoms with Crippen LogP contribution in [0.5, 0.6) is 0 Å². The molecule has 0 saturated heterocycles. The van der Waals surface area contributed by atoms with Gasteiger partial charge in [-0.15, -0.1) is 0 Å². The fourth-order valence-corrected chi connectivity index (χ4v) is 2.69. The number of hydrogen-bond acceptors (Lipinski definition) is 4. The van der Waals surface area contributed by atoms with Crippen molar-refractivity contribution < 1.29 is 13.2 Å². The molecule has 0 spiro atoms. The van der Waals surface area contributed by atoms with Gasteiger partial charge in [-0.1, -0.05) is 42.5 Å². The SMILES string of the molecule is Nc1ccnc(N(CCc2ccccc2)Cc2ccc(C(F)(F)F)cc2)n1. The van der Waals surface area contributed by atoms with Crippen molar-refractivity contribution in [3.05, 3.63) is 83.6 Å². The van der Waals surface area contributed by atoms with Crippen molar-refractivity contribution in [3.63, 3.8) is 0 Å². The summed E-state index contributed by atoms with van der Waals surface area (Å²) in [6.07, 6.45) is -2.03. The van der Waals surface area contributed by atoms with Crippen molar-refractivity contribution in [2.45, 2.75) is 19.1 Å². The molecule has 0 bridgehead atoms. The van der Waals surface area contributed by atoms with E-state index in [9.17, 15) is 13.2 Å². The number of aromatic nitrogens is 2. The summed E-state index contributed by atoms with van der Waals surface area (Å²) in [7, 11) is 0. The van der Waals surface area contributed by atoms with Gasteiger partial charge in [0, 0.05) is 19.3 Å². The summed E-state index contributed by atoms with van der Waals surface area (Å²) in [6.45, 7) is 0.989. The fourth-order valence-electron chi connectivity index (χ4n) is 2.69. The van der Waals surface area contributed by atoms with E-state index in [1.165, 1.54) is 12.1 Å². The van der Waals surface area contributed by atoms with Crippen LogP contribution in [0, 0.1) is 0 Å². The van der Waals surface area contributed by atoms with Crippen molar-refractivity contribution >= 4 is 11.8 Å². The lowest BCUT2D eigenvalue weighted by Crippen LogP contribution is -2.27. The van der Waals surface area contributed by atoms with Gasteiger partial charge in [0.1, 0.15) is 5.82 Å². The molecular formula is C20H19F3N4. The van der Waals surface area contributed by atoms with Crippen LogP contribution >= 0.6 is 0 Å². The summed E-state index contributed by atoms with van der Waals surface area (Å²) in [4.78, 5) is 10.4. The summed E-state index contributed by atoms with van der Waals surface area (Å²) < 4.78 is 38.3. The third-order valence-electron chi connectivity index (χ3n) is 4.12. The topological polar surface area (TPSA) is 55.0 Å². The minimum Gasteiger partial charge on any atom is -0.384 e. The van der Waals surface area contributed by atoms with Gasteiger partial charge in [0.25, 0.3) is 0 Å². The third-order valence-corrected chi connectivity index (χ3v) is 4.12. The van der Waals surface area contributed by atoms with Crippen molar-refractivity contribution in [2.24, 2.45) is 0 Å². The molecule has 0 fully saturated rings. The molecule has 3 aromatic rings. The smallest absolute Gasteiger partial charge is 0.384 e. The van der Waals surface area contributed by atoms with Gasteiger partial charge in [0.05, 0.1) is 5.56 Å². The van der Waals surface area contributed by atoms with Gasteiger partial charge in [-0.2, -0.15) is 18.2 Å². The molecule has 3 rings (SSSR count). The maximum atomic E-state index is 12.8. The molecule has 2 aromatic carbocycles. The average Bonchev–Trinajstić information content (AvgIpc) is 2.65. The van der Waals surface area contributed by atoms with Gasteiger partial charge < -0.3 is 10.6 Å². The molecule has 27 heavy (non-hydrogen) atoms. The molecule has 0 aliphatic rings. The lowest BCUT2D eigenvalue weighted by Gasteiger charge is -2.23. The van der Waals surface area contributed by atoms with Crippen LogP contribution in [0.4, 0.5) is 24.9 Å². The Kier molecular flexibility index (Phi) is 5.59. The number of nitrogens with zero attached hydrogens (tertiary/aromatic N) is 3. The standard InChI is InChI=1S/C20H19F3N4/c21-20(22,23)17-8-6-16(7-9-17)14-27(19-25-12-10-18(24)26-19)13-11-15-4-2-1-3-5-15/h1-10,12H,11,13-14H2,(H2,24,25,26). The number of alkyl halides is 3. The van der Waals surface area contributed by atoms with E-state index in [1.807, 2.05) is 35.2 Å². The molecule has 7 heteroatoms. The molecule has 0 saturated carbocycles. The Balaban J connectivity index is 1.79. The zero-order valence-corrected chi connectivity index (χ0v) is 14.5. The van der Waals surface area contributed by atoms with Crippen LogP contribution in [0.3, 0.4) is 0 Å². The van der Waals surface area contributed by atoms with Crippen LogP contribution in [0.1, 0.15) is 16.7 Å². The highest BCUT2D eigenvalue weighted by atomic mass is 19.4. The molecule has 1 aromatic heterocycles. The third kappa shape index (κ3) is 5.20. The van der Waals surface area contributed by atoms with E-state index in [1.54, 1.807) is 12.3 Å². The first-order chi connectivity index (χ1) is 12.9. The predicted octanol–water partition coefficient (Wildman–Crippen LogP) is 4.33. The second kappa shape index (κ2) is 8.07. The largest absolute Gasteiger partial charge is 0.416 e. The first-order valence-corrected chi connectivity index (χ1v) is 8.45. The maximum absolute atomic E-state index is 12.8. The van der Waals surface area contributed by atoms with E-state index in [0.717, 1.165) is 29.7 Å². The first-order valence-electron chi connectivity index (χ1n) is 8.45. The summed E-state index contributed by atoms with van der Waals surface area (Å²) >= 11 is 0. The van der Waals surface area contributed by atoms with Crippen LogP contribution in [-0.2, 0) is 19.1 Å².